The van der Waals surface area contributed by atoms with Gasteiger partial charge in [-0.15, -0.1) is 11.3 Å². The van der Waals surface area contributed by atoms with E-state index in [2.05, 4.69) is 15.1 Å². The molecule has 0 amide bonds. The van der Waals surface area contributed by atoms with Crippen LogP contribution in [0.4, 0.5) is 0 Å². The first-order valence-corrected chi connectivity index (χ1v) is 6.93. The molecule has 0 aliphatic heterocycles. The molecule has 19 heavy (non-hydrogen) atoms. The average molecular weight is 294 g/mol. The quantitative estimate of drug-likeness (QED) is 0.748. The van der Waals surface area contributed by atoms with Gasteiger partial charge in [0.1, 0.15) is 4.70 Å². The van der Waals surface area contributed by atoms with Gasteiger partial charge in [-0.3, -0.25) is 9.36 Å². The molecule has 0 radical (unpaired) electrons. The Morgan fingerprint density at radius 3 is 3.16 bits per heavy atom. The van der Waals surface area contributed by atoms with Gasteiger partial charge in [-0.05, 0) is 23.7 Å². The number of fused-ring (bicyclic) bond motifs is 1. The molecule has 0 spiro atoms. The smallest absolute Gasteiger partial charge is 0.272 e. The van der Waals surface area contributed by atoms with Crippen LogP contribution in [0.1, 0.15) is 11.7 Å². The Labute approximate surface area is 116 Å². The number of aromatic nitrogens is 4. The Balaban J connectivity index is 1.96. The average Bonchev–Trinajstić information content (AvgIpc) is 2.98. The highest BCUT2D eigenvalue weighted by Gasteiger charge is 2.08. The molecule has 0 bridgehead atoms. The number of hydrogen-bond acceptors (Lipinski definition) is 6. The Morgan fingerprint density at radius 1 is 1.58 bits per heavy atom. The fraction of sp³-hybridized carbons (Fsp3) is 0.273. The fourth-order valence-corrected chi connectivity index (χ4v) is 2.91. The maximum atomic E-state index is 12.3. The van der Waals surface area contributed by atoms with Gasteiger partial charge in [-0.1, -0.05) is 5.16 Å². The van der Waals surface area contributed by atoms with Crippen molar-refractivity contribution in [2.75, 3.05) is 0 Å². The Hall–Kier alpha value is -1.80. The lowest BCUT2D eigenvalue weighted by Gasteiger charge is -2.04. The first kappa shape index (κ1) is 12.2. The van der Waals surface area contributed by atoms with Gasteiger partial charge in [0.2, 0.25) is 5.89 Å². The number of nitrogens with zero attached hydrogens (tertiary/aromatic N) is 3. The summed E-state index contributed by atoms with van der Waals surface area (Å²) in [7, 11) is 0. The van der Waals surface area contributed by atoms with Crippen LogP contribution in [0.5, 0.6) is 0 Å². The minimum atomic E-state index is -0.0750. The third-order valence-corrected chi connectivity index (χ3v) is 3.94. The molecule has 1 N–H and O–H groups in total. The van der Waals surface area contributed by atoms with Crippen molar-refractivity contribution in [3.05, 3.63) is 38.3 Å². The summed E-state index contributed by atoms with van der Waals surface area (Å²) in [5.74, 6) is 1.09. The molecular formula is C11H10N4O2S2. The first-order valence-electron chi connectivity index (χ1n) is 5.64. The van der Waals surface area contributed by atoms with Gasteiger partial charge in [-0.2, -0.15) is 4.98 Å². The van der Waals surface area contributed by atoms with Gasteiger partial charge in [-0.25, -0.2) is 0 Å². The zero-order chi connectivity index (χ0) is 13.4. The van der Waals surface area contributed by atoms with E-state index >= 15 is 0 Å². The third kappa shape index (κ3) is 2.24. The van der Waals surface area contributed by atoms with Crippen LogP contribution in [-0.2, 0) is 13.0 Å². The normalized spacial score (nSPS) is 11.2. The van der Waals surface area contributed by atoms with E-state index in [0.717, 1.165) is 5.52 Å². The number of H-pyrrole nitrogens is 1. The summed E-state index contributed by atoms with van der Waals surface area (Å²) in [4.78, 5) is 19.4. The minimum absolute atomic E-state index is 0.0750. The largest absolute Gasteiger partial charge is 0.340 e. The van der Waals surface area contributed by atoms with E-state index in [1.807, 2.05) is 11.4 Å². The highest BCUT2D eigenvalue weighted by atomic mass is 32.1. The van der Waals surface area contributed by atoms with E-state index in [0.29, 0.717) is 34.2 Å². The van der Waals surface area contributed by atoms with Crippen molar-refractivity contribution in [3.8, 4) is 0 Å². The molecular weight excluding hydrogens is 284 g/mol. The number of thiophene rings is 1. The van der Waals surface area contributed by atoms with Crippen molar-refractivity contribution in [1.82, 2.24) is 19.7 Å². The molecule has 3 aromatic heterocycles. The molecule has 98 valence electrons. The lowest BCUT2D eigenvalue weighted by Crippen LogP contribution is -2.22. The summed E-state index contributed by atoms with van der Waals surface area (Å²) in [5.41, 5.74) is 0.709. The summed E-state index contributed by atoms with van der Waals surface area (Å²) in [6, 6.07) is 1.85. The van der Waals surface area contributed by atoms with E-state index in [4.69, 9.17) is 16.7 Å². The zero-order valence-corrected chi connectivity index (χ0v) is 11.7. The van der Waals surface area contributed by atoms with E-state index in [-0.39, 0.29) is 5.56 Å². The molecule has 0 atom stereocenters. The van der Waals surface area contributed by atoms with Crippen LogP contribution in [0.15, 0.2) is 20.8 Å². The van der Waals surface area contributed by atoms with Gasteiger partial charge >= 0.3 is 0 Å². The van der Waals surface area contributed by atoms with Crippen LogP contribution in [-0.4, -0.2) is 19.7 Å². The SMILES string of the molecule is Cc1nc(CCn2c(=S)[nH]c3ccsc3c2=O)no1. The predicted octanol–water partition coefficient (Wildman–Crippen LogP) is 2.05. The van der Waals surface area contributed by atoms with Crippen molar-refractivity contribution in [3.63, 3.8) is 0 Å². The van der Waals surface area contributed by atoms with Crippen LogP contribution >= 0.6 is 23.6 Å². The second-order valence-electron chi connectivity index (χ2n) is 4.03. The zero-order valence-electron chi connectivity index (χ0n) is 10.0. The molecule has 0 aliphatic carbocycles. The number of hydrogen-bond donors (Lipinski definition) is 1. The van der Waals surface area contributed by atoms with E-state index in [1.54, 1.807) is 6.92 Å². The van der Waals surface area contributed by atoms with Gasteiger partial charge in [0.15, 0.2) is 10.6 Å². The number of nitrogens with one attached hydrogen (secondary N) is 1. The van der Waals surface area contributed by atoms with Crippen LogP contribution in [0, 0.1) is 11.7 Å². The van der Waals surface area contributed by atoms with Crippen molar-refractivity contribution in [2.24, 2.45) is 0 Å². The molecule has 0 unspecified atom stereocenters. The summed E-state index contributed by atoms with van der Waals surface area (Å²) in [6.07, 6.45) is 0.506. The molecule has 0 aliphatic rings. The second kappa shape index (κ2) is 4.71. The standard InChI is InChI=1S/C11H10N4O2S2/c1-6-12-8(14-17-6)2-4-15-10(16)9-7(3-5-19-9)13-11(15)18/h3,5H,2,4H2,1H3,(H,13,18). The van der Waals surface area contributed by atoms with Crippen molar-refractivity contribution in [2.45, 2.75) is 19.9 Å². The van der Waals surface area contributed by atoms with E-state index in [9.17, 15) is 4.79 Å². The van der Waals surface area contributed by atoms with Crippen molar-refractivity contribution >= 4 is 33.8 Å². The Morgan fingerprint density at radius 2 is 2.42 bits per heavy atom. The Kier molecular flexibility index (Phi) is 3.03. The number of rotatable bonds is 3. The molecule has 6 nitrogen and oxygen atoms in total. The highest BCUT2D eigenvalue weighted by Crippen LogP contribution is 2.14. The summed E-state index contributed by atoms with van der Waals surface area (Å²) in [6.45, 7) is 2.16. The van der Waals surface area contributed by atoms with Crippen LogP contribution < -0.4 is 5.56 Å². The molecule has 3 heterocycles. The molecule has 3 rings (SSSR count). The van der Waals surface area contributed by atoms with Crippen LogP contribution in [0.2, 0.25) is 0 Å². The van der Waals surface area contributed by atoms with Gasteiger partial charge in [0.25, 0.3) is 5.56 Å². The summed E-state index contributed by atoms with van der Waals surface area (Å²) in [5, 5.41) is 5.66. The molecule has 8 heteroatoms. The topological polar surface area (TPSA) is 76.7 Å². The summed E-state index contributed by atoms with van der Waals surface area (Å²) >= 11 is 6.60. The Bertz CT molecular complexity index is 842. The van der Waals surface area contributed by atoms with Gasteiger partial charge in [0.05, 0.1) is 5.52 Å². The fourth-order valence-electron chi connectivity index (χ4n) is 1.83. The molecule has 3 aromatic rings. The van der Waals surface area contributed by atoms with E-state index in [1.165, 1.54) is 15.9 Å². The molecule has 0 aromatic carbocycles. The maximum absolute atomic E-state index is 12.3. The third-order valence-electron chi connectivity index (χ3n) is 2.72. The van der Waals surface area contributed by atoms with Crippen molar-refractivity contribution in [1.29, 1.82) is 0 Å². The van der Waals surface area contributed by atoms with Gasteiger partial charge in [0, 0.05) is 19.9 Å². The molecule has 0 saturated heterocycles. The first-order chi connectivity index (χ1) is 9.15. The van der Waals surface area contributed by atoms with E-state index < -0.39 is 0 Å². The summed E-state index contributed by atoms with van der Waals surface area (Å²) < 4.78 is 7.51. The molecule has 0 fully saturated rings. The minimum Gasteiger partial charge on any atom is -0.340 e. The lowest BCUT2D eigenvalue weighted by molar-refractivity contribution is 0.386. The van der Waals surface area contributed by atoms with Gasteiger partial charge < -0.3 is 9.51 Å². The monoisotopic (exact) mass is 294 g/mol. The number of aryl methyl sites for hydroxylation is 2. The molecule has 0 saturated carbocycles. The maximum Gasteiger partial charge on any atom is 0.272 e. The lowest BCUT2D eigenvalue weighted by atomic mass is 10.4. The number of aromatic amines is 1. The van der Waals surface area contributed by atoms with Crippen molar-refractivity contribution < 1.29 is 4.52 Å². The highest BCUT2D eigenvalue weighted by molar-refractivity contribution is 7.71. The van der Waals surface area contributed by atoms with Crippen LogP contribution in [0.25, 0.3) is 10.2 Å². The predicted molar refractivity (Wildman–Crippen MR) is 74.0 cm³/mol. The van der Waals surface area contributed by atoms with Crippen LogP contribution in [0.3, 0.4) is 0 Å². The second-order valence-corrected chi connectivity index (χ2v) is 5.33.